The van der Waals surface area contributed by atoms with Crippen LogP contribution in [-0.4, -0.2) is 75.9 Å². The maximum absolute atomic E-state index is 10.9. The molecule has 3 aromatic heterocycles. The Hall–Kier alpha value is -3.65. The van der Waals surface area contributed by atoms with E-state index in [0.717, 1.165) is 18.4 Å². The summed E-state index contributed by atoms with van der Waals surface area (Å²) in [7, 11) is 0. The predicted octanol–water partition coefficient (Wildman–Crippen LogP) is 2.13. The van der Waals surface area contributed by atoms with E-state index >= 15 is 0 Å². The number of hydrogen-bond acceptors (Lipinski definition) is 12. The number of rotatable bonds is 11. The van der Waals surface area contributed by atoms with Gasteiger partial charge in [-0.1, -0.05) is 49.3 Å². The molecule has 1 aliphatic rings. The molecule has 13 nitrogen and oxygen atoms in total. The highest BCUT2D eigenvalue weighted by atomic mass is 16.6. The third-order valence-corrected chi connectivity index (χ3v) is 6.93. The number of aromatic nitrogens is 6. The van der Waals surface area contributed by atoms with Gasteiger partial charge < -0.3 is 35.2 Å². The fraction of sp³-hybridized carbons (Fsp3) is 0.500. The first-order valence-electron chi connectivity index (χ1n) is 13.2. The summed E-state index contributed by atoms with van der Waals surface area (Å²) < 4.78 is 12.7. The summed E-state index contributed by atoms with van der Waals surface area (Å²) in [5.74, 6) is 1.26. The Bertz CT molecular complexity index is 1380. The van der Waals surface area contributed by atoms with Crippen molar-refractivity contribution >= 4 is 22.9 Å². The van der Waals surface area contributed by atoms with Crippen LogP contribution in [0.25, 0.3) is 11.2 Å². The SMILES string of the molecule is CCC(CC)Nc1nc(N[C@H](CO)Cc2ccccc2)nc2c1ncn2[C@@H]1O[C@H](c2nc(C)no2)[C@@H](O)[C@H]1O. The van der Waals surface area contributed by atoms with Crippen molar-refractivity contribution in [1.29, 1.82) is 0 Å². The van der Waals surface area contributed by atoms with Crippen molar-refractivity contribution in [3.05, 3.63) is 53.9 Å². The van der Waals surface area contributed by atoms with Gasteiger partial charge in [0.05, 0.1) is 19.0 Å². The summed E-state index contributed by atoms with van der Waals surface area (Å²) in [5.41, 5.74) is 1.93. The molecule has 13 heteroatoms. The first-order valence-corrected chi connectivity index (χ1v) is 13.2. The van der Waals surface area contributed by atoms with Crippen LogP contribution in [0.5, 0.6) is 0 Å². The Labute approximate surface area is 225 Å². The lowest BCUT2D eigenvalue weighted by atomic mass is 10.1. The van der Waals surface area contributed by atoms with Crippen molar-refractivity contribution in [2.24, 2.45) is 0 Å². The number of aliphatic hydroxyl groups is 3. The molecule has 0 aliphatic carbocycles. The lowest BCUT2D eigenvalue weighted by molar-refractivity contribution is -0.0451. The Morgan fingerprint density at radius 2 is 1.77 bits per heavy atom. The monoisotopic (exact) mass is 538 g/mol. The first-order chi connectivity index (χ1) is 18.9. The maximum atomic E-state index is 10.9. The van der Waals surface area contributed by atoms with Crippen LogP contribution in [0, 0.1) is 6.92 Å². The Kier molecular flexibility index (Phi) is 8.02. The van der Waals surface area contributed by atoms with Crippen LogP contribution in [0.2, 0.25) is 0 Å². The van der Waals surface area contributed by atoms with Crippen molar-refractivity contribution in [3.8, 4) is 0 Å². The van der Waals surface area contributed by atoms with Gasteiger partial charge >= 0.3 is 0 Å². The number of aryl methyl sites for hydroxylation is 1. The summed E-state index contributed by atoms with van der Waals surface area (Å²) in [5, 5.41) is 42.2. The first kappa shape index (κ1) is 26.9. The average Bonchev–Trinajstić information content (AvgIpc) is 3.65. The number of benzene rings is 1. The summed E-state index contributed by atoms with van der Waals surface area (Å²) in [6.45, 7) is 5.70. The van der Waals surface area contributed by atoms with Gasteiger partial charge in [-0.25, -0.2) is 4.98 Å². The molecule has 0 radical (unpaired) electrons. The van der Waals surface area contributed by atoms with Gasteiger partial charge in [0.1, 0.15) is 12.2 Å². The summed E-state index contributed by atoms with van der Waals surface area (Å²) >= 11 is 0. The van der Waals surface area contributed by atoms with E-state index < -0.39 is 24.5 Å². The van der Waals surface area contributed by atoms with E-state index in [2.05, 4.69) is 39.6 Å². The molecular formula is C26H34N8O5. The van der Waals surface area contributed by atoms with E-state index in [9.17, 15) is 15.3 Å². The maximum Gasteiger partial charge on any atom is 0.258 e. The summed E-state index contributed by atoms with van der Waals surface area (Å²) in [6.07, 6.45) is -0.852. The summed E-state index contributed by atoms with van der Waals surface area (Å²) in [4.78, 5) is 18.1. The standard InChI is InChI=1S/C26H34N8O5/c1-4-16(5-2)29-22-18-23(32-26(31-22)30-17(12-35)11-15-9-7-6-8-10-15)34(13-27-18)25-20(37)19(36)21(38-25)24-28-14(3)33-39-24/h6-10,13,16-17,19-21,25,35-37H,4-5,11-12H2,1-3H3,(H2,29,30,31,32)/t17-,19-,20+,21-,25+/m0/s1. The average molecular weight is 539 g/mol. The summed E-state index contributed by atoms with van der Waals surface area (Å²) in [6, 6.07) is 9.64. The van der Waals surface area contributed by atoms with Crippen LogP contribution in [-0.2, 0) is 11.2 Å². The zero-order valence-electron chi connectivity index (χ0n) is 22.1. The van der Waals surface area contributed by atoms with Crippen LogP contribution in [0.3, 0.4) is 0 Å². The zero-order chi connectivity index (χ0) is 27.5. The van der Waals surface area contributed by atoms with E-state index in [-0.39, 0.29) is 30.5 Å². The lowest BCUT2D eigenvalue weighted by Gasteiger charge is -2.20. The minimum absolute atomic E-state index is 0.0748. The second kappa shape index (κ2) is 11.6. The van der Waals surface area contributed by atoms with E-state index in [1.807, 2.05) is 30.3 Å². The molecular weight excluding hydrogens is 504 g/mol. The normalized spacial score (nSPS) is 22.0. The molecule has 5 atom stereocenters. The molecule has 0 saturated carbocycles. The molecule has 1 saturated heterocycles. The van der Waals surface area contributed by atoms with Gasteiger partial charge in [-0.15, -0.1) is 0 Å². The van der Waals surface area contributed by atoms with Gasteiger partial charge in [-0.05, 0) is 31.7 Å². The minimum atomic E-state index is -1.32. The molecule has 5 N–H and O–H groups in total. The van der Waals surface area contributed by atoms with Crippen LogP contribution in [0.4, 0.5) is 11.8 Å². The van der Waals surface area contributed by atoms with Crippen LogP contribution in [0.1, 0.15) is 56.3 Å². The number of ether oxygens (including phenoxy) is 1. The number of hydrogen-bond donors (Lipinski definition) is 5. The van der Waals surface area contributed by atoms with Gasteiger partial charge in [0, 0.05) is 6.04 Å². The van der Waals surface area contributed by atoms with Gasteiger partial charge in [0.15, 0.2) is 35.1 Å². The van der Waals surface area contributed by atoms with E-state index in [0.29, 0.717) is 29.2 Å². The molecule has 0 amide bonds. The largest absolute Gasteiger partial charge is 0.394 e. The molecule has 0 unspecified atom stereocenters. The Morgan fingerprint density at radius 1 is 1.00 bits per heavy atom. The number of imidazole rings is 1. The number of anilines is 2. The van der Waals surface area contributed by atoms with E-state index in [4.69, 9.17) is 19.2 Å². The van der Waals surface area contributed by atoms with Crippen LogP contribution in [0.15, 0.2) is 41.2 Å². The van der Waals surface area contributed by atoms with Gasteiger partial charge in [-0.3, -0.25) is 4.57 Å². The quantitative estimate of drug-likeness (QED) is 0.188. The molecule has 0 spiro atoms. The third kappa shape index (κ3) is 5.57. The van der Waals surface area contributed by atoms with Gasteiger partial charge in [0.25, 0.3) is 5.89 Å². The fourth-order valence-corrected chi connectivity index (χ4v) is 4.72. The second-order valence-corrected chi connectivity index (χ2v) is 9.70. The fourth-order valence-electron chi connectivity index (χ4n) is 4.72. The van der Waals surface area contributed by atoms with Gasteiger partial charge in [0.2, 0.25) is 5.95 Å². The Morgan fingerprint density at radius 3 is 2.44 bits per heavy atom. The van der Waals surface area contributed by atoms with Crippen molar-refractivity contribution in [2.45, 2.75) is 76.7 Å². The third-order valence-electron chi connectivity index (χ3n) is 6.93. The lowest BCUT2D eigenvalue weighted by Crippen LogP contribution is -2.29. The topological polar surface area (TPSA) is 176 Å². The molecule has 4 heterocycles. The molecule has 0 bridgehead atoms. The smallest absolute Gasteiger partial charge is 0.258 e. The highest BCUT2D eigenvalue weighted by Crippen LogP contribution is 2.39. The molecule has 4 aromatic rings. The van der Waals surface area contributed by atoms with Gasteiger partial charge in [-0.2, -0.15) is 15.0 Å². The molecule has 1 aliphatic heterocycles. The van der Waals surface area contributed by atoms with E-state index in [1.165, 1.54) is 6.33 Å². The molecule has 1 aromatic carbocycles. The van der Waals surface area contributed by atoms with Crippen LogP contribution < -0.4 is 10.6 Å². The van der Waals surface area contributed by atoms with Crippen molar-refractivity contribution < 1.29 is 24.6 Å². The molecule has 5 rings (SSSR count). The minimum Gasteiger partial charge on any atom is -0.394 e. The number of nitrogens with one attached hydrogen (secondary N) is 2. The van der Waals surface area contributed by atoms with E-state index in [1.54, 1.807) is 11.5 Å². The molecule has 208 valence electrons. The number of nitrogens with zero attached hydrogens (tertiary/aromatic N) is 6. The molecule has 1 fully saturated rings. The zero-order valence-corrected chi connectivity index (χ0v) is 22.1. The van der Waals surface area contributed by atoms with Crippen LogP contribution >= 0.6 is 0 Å². The highest BCUT2D eigenvalue weighted by Gasteiger charge is 2.47. The molecule has 39 heavy (non-hydrogen) atoms. The number of fused-ring (bicyclic) bond motifs is 1. The number of aliphatic hydroxyl groups excluding tert-OH is 3. The predicted molar refractivity (Wildman–Crippen MR) is 142 cm³/mol. The van der Waals surface area contributed by atoms with Crippen molar-refractivity contribution in [1.82, 2.24) is 29.7 Å². The van der Waals surface area contributed by atoms with Crippen molar-refractivity contribution in [2.75, 3.05) is 17.2 Å². The second-order valence-electron chi connectivity index (χ2n) is 9.70. The Balaban J connectivity index is 1.50. The van der Waals surface area contributed by atoms with Crippen molar-refractivity contribution in [3.63, 3.8) is 0 Å². The highest BCUT2D eigenvalue weighted by molar-refractivity contribution is 5.84.